The Labute approximate surface area is 64.6 Å². The maximum atomic E-state index is 10.8. The lowest BCUT2D eigenvalue weighted by Crippen LogP contribution is -2.32. The fraction of sp³-hybridized carbons (Fsp3) is 0.667. The van der Waals surface area contributed by atoms with Gasteiger partial charge in [-0.1, -0.05) is 4.85 Å². The molecule has 1 aliphatic rings. The van der Waals surface area contributed by atoms with Crippen LogP contribution >= 0.6 is 11.6 Å². The highest BCUT2D eigenvalue weighted by Gasteiger charge is 2.40. The van der Waals surface area contributed by atoms with Crippen molar-refractivity contribution >= 4 is 23.0 Å². The third kappa shape index (κ3) is 0.814. The van der Waals surface area contributed by atoms with Crippen LogP contribution in [0.1, 0.15) is 20.8 Å². The summed E-state index contributed by atoms with van der Waals surface area (Å²) in [5, 5.41) is 14.5. The molecule has 0 radical (unpaired) electrons. The van der Waals surface area contributed by atoms with E-state index in [-0.39, 0.29) is 0 Å². The summed E-state index contributed by atoms with van der Waals surface area (Å²) in [5.74, 6) is 0. The van der Waals surface area contributed by atoms with E-state index in [4.69, 9.17) is 11.6 Å². The minimum Gasteiger partial charge on any atom is -0.594 e. The molecule has 0 amide bonds. The summed E-state index contributed by atoms with van der Waals surface area (Å²) in [6, 6.07) is 0. The Morgan fingerprint density at radius 2 is 2.10 bits per heavy atom. The summed E-state index contributed by atoms with van der Waals surface area (Å²) in [6.45, 7) is 5.19. The summed E-state index contributed by atoms with van der Waals surface area (Å²) in [5.41, 5.74) is 1.19. The highest BCUT2D eigenvalue weighted by Crippen LogP contribution is 2.23. The molecule has 0 aromatic heterocycles. The molecule has 3 nitrogen and oxygen atoms in total. The zero-order valence-electron chi connectivity index (χ0n) is 6.18. The van der Waals surface area contributed by atoms with E-state index in [1.807, 2.05) is 0 Å². The monoisotopic (exact) mass is 160 g/mol. The molecule has 1 atom stereocenters. The molecule has 0 fully saturated rings. The van der Waals surface area contributed by atoms with Crippen LogP contribution in [-0.4, -0.2) is 21.1 Å². The van der Waals surface area contributed by atoms with Gasteiger partial charge in [-0.15, -0.1) is 11.6 Å². The molecule has 10 heavy (non-hydrogen) atoms. The van der Waals surface area contributed by atoms with Gasteiger partial charge in [-0.2, -0.15) is 0 Å². The SMILES string of the molecule is CC1=N[N+]([O-])=C(C)C1(C)Cl. The fourth-order valence-electron chi connectivity index (χ4n) is 0.747. The second-order valence-electron chi connectivity index (χ2n) is 2.55. The molecule has 0 spiro atoms. The van der Waals surface area contributed by atoms with Crippen LogP contribution in [0, 0.1) is 5.21 Å². The molecular formula is C6H9ClN2O. The molecule has 1 rings (SSSR count). The Kier molecular flexibility index (Phi) is 1.47. The third-order valence-electron chi connectivity index (χ3n) is 1.89. The van der Waals surface area contributed by atoms with Crippen LogP contribution in [0.15, 0.2) is 5.10 Å². The molecule has 1 heterocycles. The van der Waals surface area contributed by atoms with E-state index in [1.54, 1.807) is 20.8 Å². The molecule has 4 heteroatoms. The number of hydrogen-bond acceptors (Lipinski definition) is 2. The lowest BCUT2D eigenvalue weighted by molar-refractivity contribution is -0.460. The fourth-order valence-corrected chi connectivity index (χ4v) is 0.857. The zero-order valence-corrected chi connectivity index (χ0v) is 6.94. The quantitative estimate of drug-likeness (QED) is 0.300. The van der Waals surface area contributed by atoms with Gasteiger partial charge in [-0.3, -0.25) is 0 Å². The third-order valence-corrected chi connectivity index (χ3v) is 2.43. The van der Waals surface area contributed by atoms with Gasteiger partial charge in [0.2, 0.25) is 5.71 Å². The van der Waals surface area contributed by atoms with Crippen molar-refractivity contribution in [2.45, 2.75) is 25.6 Å². The largest absolute Gasteiger partial charge is 0.594 e. The molecule has 1 unspecified atom stereocenters. The first-order chi connectivity index (χ1) is 4.46. The Morgan fingerprint density at radius 3 is 2.20 bits per heavy atom. The van der Waals surface area contributed by atoms with Gasteiger partial charge in [0.1, 0.15) is 5.71 Å². The molecule has 1 aliphatic heterocycles. The van der Waals surface area contributed by atoms with Gasteiger partial charge in [0.05, 0.1) is 0 Å². The first-order valence-electron chi connectivity index (χ1n) is 3.02. The van der Waals surface area contributed by atoms with E-state index < -0.39 is 4.87 Å². The van der Waals surface area contributed by atoms with E-state index in [9.17, 15) is 5.21 Å². The predicted octanol–water partition coefficient (Wildman–Crippen LogP) is 1.34. The second kappa shape index (κ2) is 1.95. The van der Waals surface area contributed by atoms with E-state index in [0.717, 1.165) is 0 Å². The molecule has 0 aromatic rings. The van der Waals surface area contributed by atoms with Crippen LogP contribution < -0.4 is 0 Å². The highest BCUT2D eigenvalue weighted by molar-refractivity contribution is 6.47. The smallest absolute Gasteiger partial charge is 0.222 e. The Balaban J connectivity index is 3.11. The van der Waals surface area contributed by atoms with Crippen molar-refractivity contribution in [3.8, 4) is 0 Å². The predicted molar refractivity (Wildman–Crippen MR) is 41.7 cm³/mol. The van der Waals surface area contributed by atoms with Crippen molar-refractivity contribution in [1.29, 1.82) is 0 Å². The molecule has 0 saturated carbocycles. The molecule has 56 valence electrons. The Morgan fingerprint density at radius 1 is 1.60 bits per heavy atom. The van der Waals surface area contributed by atoms with E-state index in [0.29, 0.717) is 16.3 Å². The van der Waals surface area contributed by atoms with Gasteiger partial charge in [0, 0.05) is 12.0 Å². The molecule has 0 bridgehead atoms. The number of alkyl halides is 1. The molecule has 0 aromatic carbocycles. The lowest BCUT2D eigenvalue weighted by Gasteiger charge is -2.09. The van der Waals surface area contributed by atoms with Gasteiger partial charge >= 0.3 is 0 Å². The van der Waals surface area contributed by atoms with Crippen LogP contribution in [-0.2, 0) is 0 Å². The minimum atomic E-state index is -0.665. The van der Waals surface area contributed by atoms with Crippen LogP contribution in [0.3, 0.4) is 0 Å². The zero-order chi connectivity index (χ0) is 7.94. The molecule has 0 saturated heterocycles. The maximum absolute atomic E-state index is 10.8. The first-order valence-corrected chi connectivity index (χ1v) is 3.40. The maximum Gasteiger partial charge on any atom is 0.222 e. The number of halogens is 1. The second-order valence-corrected chi connectivity index (χ2v) is 3.30. The summed E-state index contributed by atoms with van der Waals surface area (Å²) in [4.78, 5) is -0.0932. The van der Waals surface area contributed by atoms with Gasteiger partial charge in [-0.25, -0.2) is 0 Å². The number of hydrazone groups is 1. The van der Waals surface area contributed by atoms with E-state index in [2.05, 4.69) is 5.10 Å². The van der Waals surface area contributed by atoms with Crippen LogP contribution in [0.5, 0.6) is 0 Å². The van der Waals surface area contributed by atoms with Crippen LogP contribution in [0.4, 0.5) is 0 Å². The summed E-state index contributed by atoms with van der Waals surface area (Å²) in [7, 11) is 0. The summed E-state index contributed by atoms with van der Waals surface area (Å²) in [6.07, 6.45) is 0. The lowest BCUT2D eigenvalue weighted by atomic mass is 10.0. The van der Waals surface area contributed by atoms with Gasteiger partial charge in [-0.05, 0) is 13.8 Å². The molecular weight excluding hydrogens is 152 g/mol. The van der Waals surface area contributed by atoms with Crippen molar-refractivity contribution in [2.24, 2.45) is 5.10 Å². The average molecular weight is 161 g/mol. The first kappa shape index (κ1) is 7.54. The molecule has 0 N–H and O–H groups in total. The topological polar surface area (TPSA) is 38.4 Å². The summed E-state index contributed by atoms with van der Waals surface area (Å²) >= 11 is 5.95. The Hall–Kier alpha value is -0.570. The number of rotatable bonds is 0. The van der Waals surface area contributed by atoms with Gasteiger partial charge in [0.15, 0.2) is 4.87 Å². The highest BCUT2D eigenvalue weighted by atomic mass is 35.5. The molecule has 0 aliphatic carbocycles. The van der Waals surface area contributed by atoms with Gasteiger partial charge in [0.25, 0.3) is 0 Å². The van der Waals surface area contributed by atoms with Crippen molar-refractivity contribution in [1.82, 2.24) is 0 Å². The average Bonchev–Trinajstić information content (AvgIpc) is 1.97. The van der Waals surface area contributed by atoms with Crippen molar-refractivity contribution in [2.75, 3.05) is 0 Å². The Bertz CT molecular complexity index is 230. The van der Waals surface area contributed by atoms with Gasteiger partial charge < -0.3 is 5.21 Å². The van der Waals surface area contributed by atoms with Crippen LogP contribution in [0.2, 0.25) is 0 Å². The van der Waals surface area contributed by atoms with Crippen LogP contribution in [0.25, 0.3) is 0 Å². The van der Waals surface area contributed by atoms with Crippen molar-refractivity contribution < 1.29 is 4.85 Å². The van der Waals surface area contributed by atoms with E-state index >= 15 is 0 Å². The normalized spacial score (nSPS) is 33.0. The van der Waals surface area contributed by atoms with Crippen molar-refractivity contribution in [3.63, 3.8) is 0 Å². The number of hydrogen-bond donors (Lipinski definition) is 0. The minimum absolute atomic E-state index is 0.534. The van der Waals surface area contributed by atoms with E-state index in [1.165, 1.54) is 0 Å². The standard InChI is InChI=1S/C6H9ClN2O/c1-4-6(3,7)5(2)9(10)8-4/h1-3H3. The summed E-state index contributed by atoms with van der Waals surface area (Å²) < 4.78 is 0. The van der Waals surface area contributed by atoms with Crippen molar-refractivity contribution in [3.05, 3.63) is 5.21 Å². The number of nitrogens with zero attached hydrogens (tertiary/aromatic N) is 2.